The zero-order valence-corrected chi connectivity index (χ0v) is 14.3. The van der Waals surface area contributed by atoms with Gasteiger partial charge in [-0.15, -0.1) is 0 Å². The Labute approximate surface area is 148 Å². The van der Waals surface area contributed by atoms with Crippen molar-refractivity contribution >= 4 is 23.3 Å². The fraction of sp³-hybridized carbons (Fsp3) is 0.188. The number of rotatable bonds is 7. The Kier molecular flexibility index (Phi) is 5.68. The summed E-state index contributed by atoms with van der Waals surface area (Å²) in [5.74, 6) is 1.07. The van der Waals surface area contributed by atoms with Crippen LogP contribution in [-0.4, -0.2) is 37.3 Å². The van der Waals surface area contributed by atoms with Crippen LogP contribution in [0.4, 0.5) is 17.1 Å². The fourth-order valence-corrected chi connectivity index (χ4v) is 2.19. The number of benzene rings is 2. The van der Waals surface area contributed by atoms with Gasteiger partial charge in [0.05, 0.1) is 36.3 Å². The van der Waals surface area contributed by atoms with Crippen LogP contribution in [0.25, 0.3) is 0 Å². The number of hydrogen-bond acceptors (Lipinski definition) is 8. The van der Waals surface area contributed by atoms with E-state index in [1.807, 2.05) is 0 Å². The molecule has 10 nitrogen and oxygen atoms in total. The molecule has 0 saturated heterocycles. The molecule has 0 amide bonds. The average Bonchev–Trinajstić information content (AvgIpc) is 2.65. The van der Waals surface area contributed by atoms with Crippen LogP contribution >= 0.6 is 0 Å². The second-order valence-corrected chi connectivity index (χ2v) is 5.07. The Bertz CT molecular complexity index is 868. The van der Waals surface area contributed by atoms with Gasteiger partial charge in [-0.05, 0) is 29.8 Å². The second-order valence-electron chi connectivity index (χ2n) is 5.07. The molecule has 0 heterocycles. The van der Waals surface area contributed by atoms with Crippen molar-refractivity contribution in [3.8, 4) is 11.5 Å². The van der Waals surface area contributed by atoms with E-state index < -0.39 is 15.5 Å². The van der Waals surface area contributed by atoms with Crippen molar-refractivity contribution < 1.29 is 19.3 Å². The zero-order chi connectivity index (χ0) is 19.3. The highest BCUT2D eigenvalue weighted by Crippen LogP contribution is 2.31. The number of hydrogen-bond donors (Lipinski definition) is 0. The molecular weight excluding hydrogens is 344 g/mol. The van der Waals surface area contributed by atoms with Gasteiger partial charge in [-0.3, -0.25) is 25.2 Å². The summed E-state index contributed by atoms with van der Waals surface area (Å²) in [7, 11) is 4.53. The van der Waals surface area contributed by atoms with E-state index in [0.29, 0.717) is 17.1 Å². The molecule has 0 N–H and O–H groups in total. The molecule has 26 heavy (non-hydrogen) atoms. The van der Waals surface area contributed by atoms with E-state index in [0.717, 1.165) is 6.07 Å². The smallest absolute Gasteiger partial charge is 0.301 e. The van der Waals surface area contributed by atoms with E-state index >= 15 is 0 Å². The van der Waals surface area contributed by atoms with Crippen molar-refractivity contribution in [2.24, 2.45) is 5.10 Å². The van der Waals surface area contributed by atoms with Crippen LogP contribution in [-0.2, 0) is 0 Å². The molecule has 0 spiro atoms. The summed E-state index contributed by atoms with van der Waals surface area (Å²) in [6.45, 7) is 0. The maximum atomic E-state index is 11.2. The predicted molar refractivity (Wildman–Crippen MR) is 95.3 cm³/mol. The molecule has 0 bridgehead atoms. The summed E-state index contributed by atoms with van der Waals surface area (Å²) < 4.78 is 10.3. The third-order valence-electron chi connectivity index (χ3n) is 3.50. The molecule has 0 aliphatic carbocycles. The first-order chi connectivity index (χ1) is 12.4. The number of ether oxygens (including phenoxy) is 2. The van der Waals surface area contributed by atoms with Crippen LogP contribution < -0.4 is 14.5 Å². The van der Waals surface area contributed by atoms with Crippen molar-refractivity contribution in [1.29, 1.82) is 0 Å². The summed E-state index contributed by atoms with van der Waals surface area (Å²) >= 11 is 0. The maximum Gasteiger partial charge on any atom is 0.301 e. The molecule has 0 saturated carbocycles. The lowest BCUT2D eigenvalue weighted by molar-refractivity contribution is -0.393. The molecule has 0 fully saturated rings. The lowest BCUT2D eigenvalue weighted by atomic mass is 10.2. The van der Waals surface area contributed by atoms with Crippen LogP contribution in [0.15, 0.2) is 41.5 Å². The highest BCUT2D eigenvalue weighted by atomic mass is 16.6. The van der Waals surface area contributed by atoms with E-state index in [1.165, 1.54) is 44.6 Å². The van der Waals surface area contributed by atoms with Gasteiger partial charge in [0.15, 0.2) is 11.5 Å². The Morgan fingerprint density at radius 3 is 2.27 bits per heavy atom. The lowest BCUT2D eigenvalue weighted by Crippen LogP contribution is -2.11. The van der Waals surface area contributed by atoms with Crippen LogP contribution in [0.5, 0.6) is 11.5 Å². The molecule has 2 aromatic rings. The van der Waals surface area contributed by atoms with Crippen LogP contribution in [0.3, 0.4) is 0 Å². The number of nitro benzene ring substituents is 2. The number of non-ortho nitro benzene ring substituents is 1. The molecular formula is C16H16N4O6. The van der Waals surface area contributed by atoms with Gasteiger partial charge in [0, 0.05) is 13.1 Å². The van der Waals surface area contributed by atoms with Crippen molar-refractivity contribution in [2.75, 3.05) is 26.3 Å². The van der Waals surface area contributed by atoms with E-state index in [1.54, 1.807) is 18.2 Å². The van der Waals surface area contributed by atoms with Gasteiger partial charge in [-0.25, -0.2) is 0 Å². The molecule has 136 valence electrons. The Hall–Kier alpha value is -3.69. The Morgan fingerprint density at radius 1 is 1.00 bits per heavy atom. The normalized spacial score (nSPS) is 10.6. The van der Waals surface area contributed by atoms with Gasteiger partial charge in [0.2, 0.25) is 0 Å². The molecule has 0 aliphatic heterocycles. The summed E-state index contributed by atoms with van der Waals surface area (Å²) in [5, 5.41) is 27.4. The molecule has 0 atom stereocenters. The summed E-state index contributed by atoms with van der Waals surface area (Å²) in [6, 6.07) is 8.50. The van der Waals surface area contributed by atoms with Gasteiger partial charge < -0.3 is 9.47 Å². The van der Waals surface area contributed by atoms with E-state index in [-0.39, 0.29) is 11.4 Å². The first kappa shape index (κ1) is 18.6. The average molecular weight is 360 g/mol. The van der Waals surface area contributed by atoms with Crippen molar-refractivity contribution in [2.45, 2.75) is 0 Å². The molecule has 0 unspecified atom stereocenters. The molecule has 0 aromatic heterocycles. The zero-order valence-electron chi connectivity index (χ0n) is 14.3. The lowest BCUT2D eigenvalue weighted by Gasteiger charge is -2.13. The monoisotopic (exact) mass is 360 g/mol. The number of hydrazone groups is 1. The highest BCUT2D eigenvalue weighted by molar-refractivity contribution is 5.82. The summed E-state index contributed by atoms with van der Waals surface area (Å²) in [6.07, 6.45) is 1.48. The van der Waals surface area contributed by atoms with Crippen molar-refractivity contribution in [3.63, 3.8) is 0 Å². The topological polar surface area (TPSA) is 120 Å². The SMILES string of the molecule is COc1ccc(C=NN(C)c2ccc([N+](=O)[O-])cc2[N+](=O)[O-])cc1OC. The minimum absolute atomic E-state index is 0.123. The molecule has 10 heteroatoms. The van der Waals surface area contributed by atoms with Gasteiger partial charge in [-0.1, -0.05) is 0 Å². The highest BCUT2D eigenvalue weighted by Gasteiger charge is 2.21. The maximum absolute atomic E-state index is 11.2. The second kappa shape index (κ2) is 7.92. The predicted octanol–water partition coefficient (Wildman–Crippen LogP) is 2.99. The first-order valence-electron chi connectivity index (χ1n) is 7.30. The number of methoxy groups -OCH3 is 2. The Balaban J connectivity index is 2.32. The van der Waals surface area contributed by atoms with Crippen LogP contribution in [0.1, 0.15) is 5.56 Å². The minimum atomic E-state index is -0.691. The van der Waals surface area contributed by atoms with E-state index in [4.69, 9.17) is 9.47 Å². The number of nitro groups is 2. The summed E-state index contributed by atoms with van der Waals surface area (Å²) in [5.41, 5.74) is 0.0280. The standard InChI is InChI=1S/C16H16N4O6/c1-18(13-6-5-12(19(21)22)9-14(13)20(23)24)17-10-11-4-7-15(25-2)16(8-11)26-3/h4-10H,1-3H3. The van der Waals surface area contributed by atoms with E-state index in [9.17, 15) is 20.2 Å². The van der Waals surface area contributed by atoms with Gasteiger partial charge in [0.1, 0.15) is 5.69 Å². The molecule has 2 aromatic carbocycles. The van der Waals surface area contributed by atoms with Crippen molar-refractivity contribution in [3.05, 3.63) is 62.2 Å². The van der Waals surface area contributed by atoms with E-state index in [2.05, 4.69) is 5.10 Å². The van der Waals surface area contributed by atoms with Crippen molar-refractivity contribution in [1.82, 2.24) is 0 Å². The molecule has 0 radical (unpaired) electrons. The third kappa shape index (κ3) is 4.04. The van der Waals surface area contributed by atoms with Gasteiger partial charge in [0.25, 0.3) is 5.69 Å². The van der Waals surface area contributed by atoms with Crippen LogP contribution in [0, 0.1) is 20.2 Å². The summed E-state index contributed by atoms with van der Waals surface area (Å²) in [4.78, 5) is 20.6. The quantitative estimate of drug-likeness (QED) is 0.423. The minimum Gasteiger partial charge on any atom is -0.493 e. The fourth-order valence-electron chi connectivity index (χ4n) is 2.19. The molecule has 2 rings (SSSR count). The first-order valence-corrected chi connectivity index (χ1v) is 7.30. The number of nitrogens with zero attached hydrogens (tertiary/aromatic N) is 4. The van der Waals surface area contributed by atoms with Crippen LogP contribution in [0.2, 0.25) is 0 Å². The van der Waals surface area contributed by atoms with Gasteiger partial charge >= 0.3 is 5.69 Å². The molecule has 0 aliphatic rings. The third-order valence-corrected chi connectivity index (χ3v) is 3.50. The van der Waals surface area contributed by atoms with Gasteiger partial charge in [-0.2, -0.15) is 5.10 Å². The Morgan fingerprint density at radius 2 is 1.69 bits per heavy atom. The number of anilines is 1. The largest absolute Gasteiger partial charge is 0.493 e.